The summed E-state index contributed by atoms with van der Waals surface area (Å²) in [5.74, 6) is 0.416. The monoisotopic (exact) mass is 362 g/mol. The number of hydrogen-bond donors (Lipinski definition) is 2. The molecule has 0 atom stereocenters. The average Bonchev–Trinajstić information content (AvgIpc) is 2.61. The van der Waals surface area contributed by atoms with Gasteiger partial charge in [-0.05, 0) is 55.3 Å². The lowest BCUT2D eigenvalue weighted by molar-refractivity contribution is 0.0944. The van der Waals surface area contributed by atoms with Crippen molar-refractivity contribution in [1.29, 1.82) is 0 Å². The molecule has 0 spiro atoms. The first-order chi connectivity index (χ1) is 11.9. The Morgan fingerprint density at radius 2 is 1.68 bits per heavy atom. The zero-order valence-electron chi connectivity index (χ0n) is 13.8. The van der Waals surface area contributed by atoms with Crippen molar-refractivity contribution in [3.05, 3.63) is 53.1 Å². The Balaban J connectivity index is 1.72. The van der Waals surface area contributed by atoms with Crippen LogP contribution in [-0.4, -0.2) is 27.5 Å². The number of benzene rings is 2. The number of aryl methyl sites for hydroxylation is 2. The first kappa shape index (κ1) is 17.2. The molecule has 1 aliphatic heterocycles. The van der Waals surface area contributed by atoms with Crippen LogP contribution in [-0.2, 0) is 10.0 Å². The molecule has 1 heterocycles. The van der Waals surface area contributed by atoms with Crippen LogP contribution in [0.1, 0.15) is 21.5 Å². The molecule has 0 aromatic heterocycles. The van der Waals surface area contributed by atoms with Crippen molar-refractivity contribution < 1.29 is 22.7 Å². The van der Waals surface area contributed by atoms with Crippen LogP contribution in [0.2, 0.25) is 0 Å². The van der Waals surface area contributed by atoms with Gasteiger partial charge in [0.15, 0.2) is 11.5 Å². The van der Waals surface area contributed by atoms with E-state index in [1.165, 1.54) is 18.2 Å². The number of hydrazine groups is 1. The molecule has 25 heavy (non-hydrogen) atoms. The standard InChI is InChI=1S/C17H18N2O5S/c1-11-3-5-14(9-12(11)2)25(21,22)19-18-17(20)13-4-6-15-16(10-13)24-8-7-23-15/h3-6,9-10,19H,7-8H2,1-2H3,(H,18,20). The Kier molecular flexibility index (Phi) is 4.65. The lowest BCUT2D eigenvalue weighted by Gasteiger charge is -2.18. The van der Waals surface area contributed by atoms with E-state index in [4.69, 9.17) is 9.47 Å². The predicted molar refractivity (Wildman–Crippen MR) is 91.1 cm³/mol. The fraction of sp³-hybridized carbons (Fsp3) is 0.235. The average molecular weight is 362 g/mol. The summed E-state index contributed by atoms with van der Waals surface area (Å²) >= 11 is 0. The quantitative estimate of drug-likeness (QED) is 0.808. The van der Waals surface area contributed by atoms with Crippen molar-refractivity contribution in [2.24, 2.45) is 0 Å². The molecule has 0 radical (unpaired) electrons. The van der Waals surface area contributed by atoms with Crippen molar-refractivity contribution in [2.75, 3.05) is 13.2 Å². The van der Waals surface area contributed by atoms with E-state index < -0.39 is 15.9 Å². The minimum absolute atomic E-state index is 0.0816. The van der Waals surface area contributed by atoms with Gasteiger partial charge in [0, 0.05) is 5.56 Å². The number of amides is 1. The van der Waals surface area contributed by atoms with Crippen LogP contribution in [0.15, 0.2) is 41.3 Å². The fourth-order valence-electron chi connectivity index (χ4n) is 2.31. The van der Waals surface area contributed by atoms with Crippen LogP contribution >= 0.6 is 0 Å². The maximum atomic E-state index is 12.3. The van der Waals surface area contributed by atoms with Crippen LogP contribution in [0, 0.1) is 13.8 Å². The largest absolute Gasteiger partial charge is 0.486 e. The number of carbonyl (C=O) groups is 1. The summed E-state index contributed by atoms with van der Waals surface area (Å²) in [5.41, 5.74) is 4.30. The van der Waals surface area contributed by atoms with Crippen molar-refractivity contribution >= 4 is 15.9 Å². The summed E-state index contributed by atoms with van der Waals surface area (Å²) in [4.78, 5) is 14.4. The summed E-state index contributed by atoms with van der Waals surface area (Å²) in [6.45, 7) is 4.57. The molecule has 3 rings (SSSR count). The highest BCUT2D eigenvalue weighted by Crippen LogP contribution is 2.30. The topological polar surface area (TPSA) is 93.7 Å². The van der Waals surface area contributed by atoms with Gasteiger partial charge >= 0.3 is 0 Å². The molecule has 2 N–H and O–H groups in total. The summed E-state index contributed by atoms with van der Waals surface area (Å²) in [5, 5.41) is 0. The van der Waals surface area contributed by atoms with Gasteiger partial charge in [0.1, 0.15) is 13.2 Å². The molecule has 8 heteroatoms. The van der Waals surface area contributed by atoms with E-state index in [2.05, 4.69) is 10.3 Å². The Hall–Kier alpha value is -2.58. The van der Waals surface area contributed by atoms with Crippen LogP contribution < -0.4 is 19.7 Å². The molecule has 0 saturated carbocycles. The Labute approximate surface area is 146 Å². The van der Waals surface area contributed by atoms with Crippen molar-refractivity contribution in [3.63, 3.8) is 0 Å². The summed E-state index contributed by atoms with van der Waals surface area (Å²) in [6.07, 6.45) is 0. The number of sulfonamides is 1. The Bertz CT molecular complexity index is 925. The second-order valence-corrected chi connectivity index (χ2v) is 7.35. The number of rotatable bonds is 4. The molecular weight excluding hydrogens is 344 g/mol. The van der Waals surface area contributed by atoms with Crippen molar-refractivity contribution in [3.8, 4) is 11.5 Å². The molecule has 132 valence electrons. The van der Waals surface area contributed by atoms with E-state index in [0.29, 0.717) is 24.7 Å². The van der Waals surface area contributed by atoms with Gasteiger partial charge in [0.2, 0.25) is 0 Å². The van der Waals surface area contributed by atoms with Gasteiger partial charge in [-0.15, -0.1) is 4.83 Å². The van der Waals surface area contributed by atoms with E-state index in [9.17, 15) is 13.2 Å². The summed E-state index contributed by atoms with van der Waals surface area (Å²) < 4.78 is 35.4. The molecule has 0 bridgehead atoms. The van der Waals surface area contributed by atoms with Crippen LogP contribution in [0.4, 0.5) is 0 Å². The van der Waals surface area contributed by atoms with Gasteiger partial charge in [-0.1, -0.05) is 6.07 Å². The first-order valence-corrected chi connectivity index (χ1v) is 9.14. The fourth-order valence-corrected chi connectivity index (χ4v) is 3.23. The van der Waals surface area contributed by atoms with E-state index in [1.807, 2.05) is 13.8 Å². The van der Waals surface area contributed by atoms with Crippen LogP contribution in [0.3, 0.4) is 0 Å². The highest BCUT2D eigenvalue weighted by molar-refractivity contribution is 7.89. The first-order valence-electron chi connectivity index (χ1n) is 7.66. The lowest BCUT2D eigenvalue weighted by atomic mass is 10.1. The summed E-state index contributed by atoms with van der Waals surface area (Å²) in [7, 11) is -3.86. The number of ether oxygens (including phenoxy) is 2. The van der Waals surface area contributed by atoms with E-state index in [1.54, 1.807) is 18.2 Å². The van der Waals surface area contributed by atoms with Gasteiger partial charge in [0.05, 0.1) is 4.90 Å². The van der Waals surface area contributed by atoms with Gasteiger partial charge in [-0.2, -0.15) is 0 Å². The molecule has 1 amide bonds. The van der Waals surface area contributed by atoms with Crippen LogP contribution in [0.25, 0.3) is 0 Å². The summed E-state index contributed by atoms with van der Waals surface area (Å²) in [6, 6.07) is 9.41. The zero-order valence-corrected chi connectivity index (χ0v) is 14.6. The molecule has 0 fully saturated rings. The normalized spacial score (nSPS) is 13.4. The molecule has 0 saturated heterocycles. The van der Waals surface area contributed by atoms with Gasteiger partial charge < -0.3 is 9.47 Å². The van der Waals surface area contributed by atoms with Crippen molar-refractivity contribution in [2.45, 2.75) is 18.7 Å². The molecule has 7 nitrogen and oxygen atoms in total. The molecule has 0 aliphatic carbocycles. The van der Waals surface area contributed by atoms with Gasteiger partial charge in [0.25, 0.3) is 15.9 Å². The minimum atomic E-state index is -3.86. The molecule has 2 aromatic rings. The van der Waals surface area contributed by atoms with Crippen LogP contribution in [0.5, 0.6) is 11.5 Å². The number of fused-ring (bicyclic) bond motifs is 1. The maximum absolute atomic E-state index is 12.3. The highest BCUT2D eigenvalue weighted by Gasteiger charge is 2.18. The van der Waals surface area contributed by atoms with Gasteiger partial charge in [-0.3, -0.25) is 10.2 Å². The third-order valence-electron chi connectivity index (χ3n) is 3.89. The lowest BCUT2D eigenvalue weighted by Crippen LogP contribution is -2.41. The highest BCUT2D eigenvalue weighted by atomic mass is 32.2. The maximum Gasteiger partial charge on any atom is 0.266 e. The smallest absolute Gasteiger partial charge is 0.266 e. The molecule has 0 unspecified atom stereocenters. The number of nitrogens with one attached hydrogen (secondary N) is 2. The zero-order chi connectivity index (χ0) is 18.0. The Morgan fingerprint density at radius 1 is 0.960 bits per heavy atom. The molecule has 2 aromatic carbocycles. The third-order valence-corrected chi connectivity index (χ3v) is 5.14. The second kappa shape index (κ2) is 6.73. The number of carbonyl (C=O) groups excluding carboxylic acids is 1. The van der Waals surface area contributed by atoms with Crippen molar-refractivity contribution in [1.82, 2.24) is 10.3 Å². The molecular formula is C17H18N2O5S. The SMILES string of the molecule is Cc1ccc(S(=O)(=O)NNC(=O)c2ccc3c(c2)OCCO3)cc1C. The molecule has 1 aliphatic rings. The third kappa shape index (κ3) is 3.75. The van der Waals surface area contributed by atoms with E-state index >= 15 is 0 Å². The predicted octanol–water partition coefficient (Wildman–Crippen LogP) is 1.70. The minimum Gasteiger partial charge on any atom is -0.486 e. The van der Waals surface area contributed by atoms with E-state index in [-0.39, 0.29) is 10.5 Å². The number of hydrogen-bond acceptors (Lipinski definition) is 5. The Morgan fingerprint density at radius 3 is 2.40 bits per heavy atom. The second-order valence-electron chi connectivity index (χ2n) is 5.66. The van der Waals surface area contributed by atoms with E-state index in [0.717, 1.165) is 11.1 Å². The van der Waals surface area contributed by atoms with Gasteiger partial charge in [-0.25, -0.2) is 8.42 Å².